The fourth-order valence-corrected chi connectivity index (χ4v) is 2.46. The quantitative estimate of drug-likeness (QED) is 0.803. The molecule has 0 saturated heterocycles. The van der Waals surface area contributed by atoms with E-state index in [2.05, 4.69) is 27.8 Å². The van der Waals surface area contributed by atoms with E-state index in [1.165, 1.54) is 10.9 Å². The van der Waals surface area contributed by atoms with Gasteiger partial charge in [-0.1, -0.05) is 6.92 Å². The zero-order valence-electron chi connectivity index (χ0n) is 8.13. The molecule has 2 aromatic rings. The Kier molecular flexibility index (Phi) is 3.17. The number of aryl methyl sites for hydroxylation is 1. The van der Waals surface area contributed by atoms with Gasteiger partial charge in [-0.3, -0.25) is 0 Å². The van der Waals surface area contributed by atoms with E-state index in [4.69, 9.17) is 0 Å². The number of halogens is 2. The van der Waals surface area contributed by atoms with Crippen molar-refractivity contribution < 1.29 is 4.39 Å². The second-order valence-electron chi connectivity index (χ2n) is 3.11. The molecule has 1 aromatic heterocycles. The maximum Gasteiger partial charge on any atom is 0.137 e. The molecule has 0 aliphatic carbocycles. The number of benzene rings is 1. The largest absolute Gasteiger partial charge is 0.244 e. The lowest BCUT2D eigenvalue weighted by atomic mass is 10.2. The second-order valence-corrected chi connectivity index (χ2v) is 5.08. The second kappa shape index (κ2) is 4.41. The molecule has 0 N–H and O–H groups in total. The summed E-state index contributed by atoms with van der Waals surface area (Å²) in [6.07, 6.45) is 2.86. The first-order valence-corrected chi connectivity index (χ1v) is 6.21. The molecule has 15 heavy (non-hydrogen) atoms. The first-order valence-electron chi connectivity index (χ1n) is 4.61. The number of nitrogens with zero attached hydrogens (tertiary/aromatic N) is 1. The van der Waals surface area contributed by atoms with Crippen molar-refractivity contribution in [2.24, 2.45) is 0 Å². The molecule has 0 spiro atoms. The van der Waals surface area contributed by atoms with Gasteiger partial charge in [-0.05, 0) is 40.5 Å². The van der Waals surface area contributed by atoms with Crippen LogP contribution in [-0.2, 0) is 6.42 Å². The van der Waals surface area contributed by atoms with E-state index in [-0.39, 0.29) is 5.82 Å². The maximum absolute atomic E-state index is 13.0. The smallest absolute Gasteiger partial charge is 0.137 e. The highest BCUT2D eigenvalue weighted by Crippen LogP contribution is 2.28. The fraction of sp³-hybridized carbons (Fsp3) is 0.182. The van der Waals surface area contributed by atoms with E-state index in [1.54, 1.807) is 23.5 Å². The molecule has 0 atom stereocenters. The van der Waals surface area contributed by atoms with Gasteiger partial charge in [0.1, 0.15) is 10.8 Å². The Labute approximate surface area is 100 Å². The molecule has 1 nitrogen and oxygen atoms in total. The van der Waals surface area contributed by atoms with Crippen LogP contribution in [0.25, 0.3) is 10.6 Å². The van der Waals surface area contributed by atoms with E-state index in [0.717, 1.165) is 17.0 Å². The van der Waals surface area contributed by atoms with Crippen molar-refractivity contribution in [1.82, 2.24) is 4.98 Å². The number of hydrogen-bond acceptors (Lipinski definition) is 2. The zero-order chi connectivity index (χ0) is 10.8. The van der Waals surface area contributed by atoms with Crippen molar-refractivity contribution in [2.45, 2.75) is 13.3 Å². The van der Waals surface area contributed by atoms with Gasteiger partial charge in [0.15, 0.2) is 0 Å². The van der Waals surface area contributed by atoms with Gasteiger partial charge < -0.3 is 0 Å². The Balaban J connectivity index is 2.40. The summed E-state index contributed by atoms with van der Waals surface area (Å²) in [6.45, 7) is 2.10. The molecule has 0 saturated carbocycles. The van der Waals surface area contributed by atoms with E-state index in [9.17, 15) is 4.39 Å². The molecule has 4 heteroatoms. The summed E-state index contributed by atoms with van der Waals surface area (Å²) < 4.78 is 13.5. The molecular weight excluding hydrogens is 277 g/mol. The average Bonchev–Trinajstić information content (AvgIpc) is 2.70. The van der Waals surface area contributed by atoms with Crippen LogP contribution in [0.5, 0.6) is 0 Å². The first kappa shape index (κ1) is 10.8. The van der Waals surface area contributed by atoms with E-state index in [0.29, 0.717) is 4.47 Å². The van der Waals surface area contributed by atoms with Crippen LogP contribution in [0.15, 0.2) is 28.9 Å². The van der Waals surface area contributed by atoms with Gasteiger partial charge in [-0.15, -0.1) is 11.3 Å². The third-order valence-electron chi connectivity index (χ3n) is 2.07. The van der Waals surface area contributed by atoms with Crippen LogP contribution in [-0.4, -0.2) is 4.98 Å². The molecule has 1 aromatic carbocycles. The van der Waals surface area contributed by atoms with Crippen molar-refractivity contribution in [3.8, 4) is 10.6 Å². The Bertz CT molecular complexity index is 481. The molecule has 0 amide bonds. The highest BCUT2D eigenvalue weighted by atomic mass is 79.9. The van der Waals surface area contributed by atoms with Crippen LogP contribution in [0.1, 0.15) is 11.8 Å². The molecule has 0 aliphatic heterocycles. The summed E-state index contributed by atoms with van der Waals surface area (Å²) in [5.74, 6) is -0.244. The maximum atomic E-state index is 13.0. The van der Waals surface area contributed by atoms with Gasteiger partial charge in [0.05, 0.1) is 4.47 Å². The predicted molar refractivity (Wildman–Crippen MR) is 64.6 cm³/mol. The van der Waals surface area contributed by atoms with E-state index in [1.807, 2.05) is 6.20 Å². The van der Waals surface area contributed by atoms with E-state index >= 15 is 0 Å². The fourth-order valence-electron chi connectivity index (χ4n) is 1.23. The Morgan fingerprint density at radius 2 is 2.27 bits per heavy atom. The van der Waals surface area contributed by atoms with Crippen LogP contribution in [0, 0.1) is 5.82 Å². The normalized spacial score (nSPS) is 10.6. The van der Waals surface area contributed by atoms with Gasteiger partial charge in [-0.25, -0.2) is 9.37 Å². The van der Waals surface area contributed by atoms with Crippen LogP contribution < -0.4 is 0 Å². The van der Waals surface area contributed by atoms with Crippen molar-refractivity contribution >= 4 is 27.3 Å². The minimum atomic E-state index is -0.244. The molecule has 0 bridgehead atoms. The van der Waals surface area contributed by atoms with Gasteiger partial charge in [0, 0.05) is 16.6 Å². The summed E-state index contributed by atoms with van der Waals surface area (Å²) in [7, 11) is 0. The van der Waals surface area contributed by atoms with Gasteiger partial charge in [0.25, 0.3) is 0 Å². The molecule has 78 valence electrons. The summed E-state index contributed by atoms with van der Waals surface area (Å²) in [6, 6.07) is 4.96. The highest BCUT2D eigenvalue weighted by Gasteiger charge is 2.06. The van der Waals surface area contributed by atoms with Crippen LogP contribution in [0.2, 0.25) is 0 Å². The lowest BCUT2D eigenvalue weighted by Gasteiger charge is -1.98. The van der Waals surface area contributed by atoms with Crippen molar-refractivity contribution in [3.05, 3.63) is 39.6 Å². The first-order chi connectivity index (χ1) is 7.20. The molecule has 2 rings (SSSR count). The third kappa shape index (κ3) is 2.26. The molecule has 0 aliphatic rings. The molecule has 0 fully saturated rings. The number of thiazole rings is 1. The lowest BCUT2D eigenvalue weighted by molar-refractivity contribution is 0.621. The SMILES string of the molecule is CCc1cnc(-c2ccc(F)c(Br)c2)s1. The van der Waals surface area contributed by atoms with Crippen molar-refractivity contribution in [2.75, 3.05) is 0 Å². The summed E-state index contributed by atoms with van der Waals surface area (Å²) in [5, 5.41) is 0.938. The topological polar surface area (TPSA) is 12.9 Å². The molecule has 1 heterocycles. The summed E-state index contributed by atoms with van der Waals surface area (Å²) in [5.41, 5.74) is 0.952. The van der Waals surface area contributed by atoms with Crippen LogP contribution >= 0.6 is 27.3 Å². The monoisotopic (exact) mass is 285 g/mol. The van der Waals surface area contributed by atoms with Crippen molar-refractivity contribution in [1.29, 1.82) is 0 Å². The minimum Gasteiger partial charge on any atom is -0.244 e. The minimum absolute atomic E-state index is 0.244. The van der Waals surface area contributed by atoms with Gasteiger partial charge >= 0.3 is 0 Å². The van der Waals surface area contributed by atoms with E-state index < -0.39 is 0 Å². The van der Waals surface area contributed by atoms with Crippen LogP contribution in [0.3, 0.4) is 0 Å². The Morgan fingerprint density at radius 1 is 1.47 bits per heavy atom. The molecule has 0 radical (unpaired) electrons. The molecule has 0 unspecified atom stereocenters. The Morgan fingerprint density at radius 3 is 2.87 bits per heavy atom. The lowest BCUT2D eigenvalue weighted by Crippen LogP contribution is -1.79. The zero-order valence-corrected chi connectivity index (χ0v) is 10.5. The van der Waals surface area contributed by atoms with Crippen molar-refractivity contribution in [3.63, 3.8) is 0 Å². The number of rotatable bonds is 2. The third-order valence-corrected chi connectivity index (χ3v) is 3.87. The number of hydrogen-bond donors (Lipinski definition) is 0. The number of aromatic nitrogens is 1. The van der Waals surface area contributed by atoms with Crippen LogP contribution in [0.4, 0.5) is 4.39 Å². The standard InChI is InChI=1S/C11H9BrFNS/c1-2-8-6-14-11(15-8)7-3-4-10(13)9(12)5-7/h3-6H,2H2,1H3. The van der Waals surface area contributed by atoms with Gasteiger partial charge in [-0.2, -0.15) is 0 Å². The Hall–Kier alpha value is -0.740. The predicted octanol–water partition coefficient (Wildman–Crippen LogP) is 4.27. The van der Waals surface area contributed by atoms with Gasteiger partial charge in [0.2, 0.25) is 0 Å². The summed E-state index contributed by atoms with van der Waals surface area (Å²) >= 11 is 4.82. The molecular formula is C11H9BrFNS. The summed E-state index contributed by atoms with van der Waals surface area (Å²) in [4.78, 5) is 5.54. The highest BCUT2D eigenvalue weighted by molar-refractivity contribution is 9.10. The average molecular weight is 286 g/mol.